The Hall–Kier alpha value is -4.41. The molecule has 2 aliphatic carbocycles. The van der Waals surface area contributed by atoms with E-state index in [2.05, 4.69) is 20.6 Å². The number of carbonyl (C=O) groups is 1. The summed E-state index contributed by atoms with van der Waals surface area (Å²) in [4.78, 5) is 20.7. The molecule has 2 saturated carbocycles. The molecule has 5 aromatic rings. The Bertz CT molecular complexity index is 2440. The molecule has 0 aliphatic heterocycles. The maximum Gasteiger partial charge on any atom is 0.265 e. The molecule has 2 bridgehead atoms. The maximum absolute atomic E-state index is 13.4. The van der Waals surface area contributed by atoms with Gasteiger partial charge in [-0.05, 0) is 90.4 Å². The molecule has 2 unspecified atom stereocenters. The van der Waals surface area contributed by atoms with Crippen LogP contribution in [-0.4, -0.2) is 61.4 Å². The maximum atomic E-state index is 13.4. The van der Waals surface area contributed by atoms with Gasteiger partial charge in [0.25, 0.3) is 10.1 Å². The molecule has 2 aliphatic rings. The largest absolute Gasteiger partial charge is 0.487 e. The van der Waals surface area contributed by atoms with E-state index in [0.29, 0.717) is 65.3 Å². The Morgan fingerprint density at radius 3 is 2.51 bits per heavy atom. The lowest BCUT2D eigenvalue weighted by Gasteiger charge is -2.35. The van der Waals surface area contributed by atoms with Crippen molar-refractivity contribution >= 4 is 59.7 Å². The van der Waals surface area contributed by atoms with E-state index in [-0.39, 0.29) is 35.3 Å². The average molecular weight is 813 g/mol. The lowest BCUT2D eigenvalue weighted by atomic mass is 9.70. The summed E-state index contributed by atoms with van der Waals surface area (Å²) < 4.78 is 78.7. The summed E-state index contributed by atoms with van der Waals surface area (Å²) in [6.07, 6.45) is 4.66. The van der Waals surface area contributed by atoms with Crippen molar-refractivity contribution in [1.82, 2.24) is 15.3 Å². The second kappa shape index (κ2) is 16.0. The van der Waals surface area contributed by atoms with Crippen molar-refractivity contribution in [2.45, 2.75) is 46.3 Å². The molecule has 3 aromatic carbocycles. The number of furan rings is 1. The highest BCUT2D eigenvalue weighted by atomic mass is 35.5. The summed E-state index contributed by atoms with van der Waals surface area (Å²) in [7, 11) is -7.10. The lowest BCUT2D eigenvalue weighted by molar-refractivity contribution is -0.128. The summed E-state index contributed by atoms with van der Waals surface area (Å²) in [6, 6.07) is 21.0. The number of fused-ring (bicyclic) bond motifs is 3. The Morgan fingerprint density at radius 1 is 1.04 bits per heavy atom. The molecule has 2 heterocycles. The number of ether oxygens (including phenoxy) is 1. The van der Waals surface area contributed by atoms with Crippen molar-refractivity contribution in [1.29, 1.82) is 0 Å². The number of nitrogens with one attached hydrogen (secondary N) is 2. The zero-order chi connectivity index (χ0) is 39.6. The van der Waals surface area contributed by atoms with E-state index >= 15 is 0 Å². The first kappa shape index (κ1) is 40.3. The number of hydrogen-bond acceptors (Lipinski definition) is 11. The second-order valence-electron chi connectivity index (χ2n) is 14.6. The molecular weight excluding hydrogens is 771 g/mol. The molecule has 2 fully saturated rings. The summed E-state index contributed by atoms with van der Waals surface area (Å²) in [5.41, 5.74) is 1.87. The van der Waals surface area contributed by atoms with Crippen molar-refractivity contribution < 1.29 is 39.7 Å². The molecule has 0 amide bonds. The van der Waals surface area contributed by atoms with Crippen molar-refractivity contribution in [3.8, 4) is 17.1 Å². The molecular formula is C39H42ClFN4O8S2. The van der Waals surface area contributed by atoms with Crippen LogP contribution >= 0.6 is 11.6 Å². The number of nitrogens with zero attached hydrogens (tertiary/aromatic N) is 2. The third kappa shape index (κ3) is 9.52. The SMILES string of the molecule is CC1(C)C2CCC1(CS(=O)(=O)O)C(=O)C2.CS(=O)(=O)CCNCc1ccc(-c2ccc3ncnc(Nc4ccc(OCc5cccc(F)c5)c(Cl)c4)c3c2)o1. The predicted molar refractivity (Wildman–Crippen MR) is 209 cm³/mol. The van der Waals surface area contributed by atoms with Gasteiger partial charge in [-0.1, -0.05) is 37.6 Å². The number of rotatable bonds is 13. The van der Waals surface area contributed by atoms with Gasteiger partial charge in [0.2, 0.25) is 0 Å². The van der Waals surface area contributed by atoms with Gasteiger partial charge in [-0.3, -0.25) is 9.35 Å². The van der Waals surface area contributed by atoms with E-state index in [0.717, 1.165) is 22.9 Å². The second-order valence-corrected chi connectivity index (χ2v) is 18.7. The quantitative estimate of drug-likeness (QED) is 0.0794. The summed E-state index contributed by atoms with van der Waals surface area (Å²) in [5.74, 6) is 2.07. The van der Waals surface area contributed by atoms with Crippen molar-refractivity contribution in [2.75, 3.05) is 29.6 Å². The predicted octanol–water partition coefficient (Wildman–Crippen LogP) is 7.41. The first-order chi connectivity index (χ1) is 25.9. The minimum absolute atomic E-state index is 0.0152. The monoisotopic (exact) mass is 812 g/mol. The number of carbonyl (C=O) groups excluding carboxylic acids is 1. The number of aromatic nitrogens is 2. The first-order valence-corrected chi connectivity index (χ1v) is 21.6. The molecule has 3 N–H and O–H groups in total. The van der Waals surface area contributed by atoms with Gasteiger partial charge >= 0.3 is 0 Å². The van der Waals surface area contributed by atoms with Gasteiger partial charge in [-0.25, -0.2) is 22.8 Å². The fourth-order valence-electron chi connectivity index (χ4n) is 7.45. The zero-order valence-electron chi connectivity index (χ0n) is 30.5. The molecule has 0 spiro atoms. The first-order valence-electron chi connectivity index (χ1n) is 17.6. The van der Waals surface area contributed by atoms with E-state index in [1.54, 1.807) is 24.3 Å². The summed E-state index contributed by atoms with van der Waals surface area (Å²) in [6.45, 7) is 4.85. The van der Waals surface area contributed by atoms with Gasteiger partial charge in [-0.2, -0.15) is 8.42 Å². The lowest BCUT2D eigenvalue weighted by Crippen LogP contribution is -2.42. The van der Waals surface area contributed by atoms with E-state index in [1.165, 1.54) is 24.7 Å². The van der Waals surface area contributed by atoms with Crippen LogP contribution in [0.15, 0.2) is 83.5 Å². The standard InChI is InChI=1S/C29H26ClFN4O4S.C10H16O4S/c1-40(36,37)12-11-32-16-23-7-10-27(39-23)20-5-8-26-24(14-20)29(34-18-33-26)35-22-6-9-28(25(30)15-22)38-17-19-3-2-4-21(31)13-19;1-9(2)7-3-4-10(9,8(11)5-7)6-15(12,13)14/h2-10,13-15,18,32H,11-12,16-17H2,1H3,(H,33,34,35);7H,3-6H2,1-2H3,(H,12,13,14). The van der Waals surface area contributed by atoms with Crippen LogP contribution in [0.25, 0.3) is 22.2 Å². The van der Waals surface area contributed by atoms with Gasteiger partial charge in [0, 0.05) is 35.9 Å². The molecule has 16 heteroatoms. The summed E-state index contributed by atoms with van der Waals surface area (Å²) >= 11 is 6.47. The molecule has 55 heavy (non-hydrogen) atoms. The zero-order valence-corrected chi connectivity index (χ0v) is 32.9. The van der Waals surface area contributed by atoms with E-state index in [4.69, 9.17) is 25.3 Å². The smallest absolute Gasteiger partial charge is 0.265 e. The third-order valence-electron chi connectivity index (χ3n) is 10.6. The van der Waals surface area contributed by atoms with Gasteiger partial charge < -0.3 is 19.8 Å². The van der Waals surface area contributed by atoms with E-state index < -0.39 is 31.1 Å². The Kier molecular flexibility index (Phi) is 11.7. The average Bonchev–Trinajstić information content (AvgIpc) is 3.73. The number of ketones is 1. The Morgan fingerprint density at radius 2 is 1.84 bits per heavy atom. The van der Waals surface area contributed by atoms with Crippen molar-refractivity contribution in [3.63, 3.8) is 0 Å². The minimum atomic E-state index is -4.08. The van der Waals surface area contributed by atoms with Gasteiger partial charge in [0.15, 0.2) is 0 Å². The van der Waals surface area contributed by atoms with Crippen molar-refractivity contribution in [3.05, 3.63) is 101 Å². The highest BCUT2D eigenvalue weighted by Crippen LogP contribution is 2.64. The number of hydrogen-bond donors (Lipinski definition) is 3. The van der Waals surface area contributed by atoms with Crippen LogP contribution in [0.5, 0.6) is 5.75 Å². The molecule has 0 saturated heterocycles. The van der Waals surface area contributed by atoms with Crippen LogP contribution in [-0.2, 0) is 37.9 Å². The Labute approximate surface area is 324 Å². The molecule has 12 nitrogen and oxygen atoms in total. The highest BCUT2D eigenvalue weighted by Gasteiger charge is 2.65. The van der Waals surface area contributed by atoms with Crippen LogP contribution in [0.2, 0.25) is 5.02 Å². The Balaban J connectivity index is 0.000000286. The number of Topliss-reactive ketones (excluding diaryl/α,β-unsaturated/α-hetero) is 1. The molecule has 7 rings (SSSR count). The molecule has 2 atom stereocenters. The third-order valence-corrected chi connectivity index (χ3v) is 12.7. The van der Waals surface area contributed by atoms with Gasteiger partial charge in [-0.15, -0.1) is 0 Å². The number of halogens is 2. The van der Waals surface area contributed by atoms with Crippen LogP contribution in [0, 0.1) is 22.6 Å². The fraction of sp³-hybridized carbons (Fsp3) is 0.359. The number of benzene rings is 3. The van der Waals surface area contributed by atoms with Gasteiger partial charge in [0.1, 0.15) is 57.5 Å². The summed E-state index contributed by atoms with van der Waals surface area (Å²) in [5, 5.41) is 7.56. The van der Waals surface area contributed by atoms with Crippen LogP contribution in [0.3, 0.4) is 0 Å². The molecule has 2 aromatic heterocycles. The van der Waals surface area contributed by atoms with Gasteiger partial charge in [0.05, 0.1) is 34.0 Å². The topological polar surface area (TPSA) is 178 Å². The normalized spacial score (nSPS) is 18.9. The molecule has 292 valence electrons. The van der Waals surface area contributed by atoms with Crippen LogP contribution < -0.4 is 15.4 Å². The fourth-order valence-corrected chi connectivity index (χ4v) is 9.50. The molecule has 0 radical (unpaired) electrons. The minimum Gasteiger partial charge on any atom is -0.487 e. The van der Waals surface area contributed by atoms with Crippen LogP contribution in [0.1, 0.15) is 44.4 Å². The van der Waals surface area contributed by atoms with E-state index in [1.807, 2.05) is 50.2 Å². The van der Waals surface area contributed by atoms with Crippen LogP contribution in [0.4, 0.5) is 15.9 Å². The van der Waals surface area contributed by atoms with E-state index in [9.17, 15) is 26.0 Å². The highest BCUT2D eigenvalue weighted by molar-refractivity contribution is 7.90. The van der Waals surface area contributed by atoms with Crippen molar-refractivity contribution in [2.24, 2.45) is 16.7 Å². The number of sulfone groups is 1. The number of anilines is 2.